The molecule has 1 saturated heterocycles. The maximum Gasteiger partial charge on any atom is 0.295 e. The van der Waals surface area contributed by atoms with Gasteiger partial charge in [0.2, 0.25) is 0 Å². The largest absolute Gasteiger partial charge is 0.507 e. The second-order valence-corrected chi connectivity index (χ2v) is 9.92. The Bertz CT molecular complexity index is 1460. The van der Waals surface area contributed by atoms with Gasteiger partial charge in [-0.05, 0) is 67.3 Å². The van der Waals surface area contributed by atoms with Crippen molar-refractivity contribution in [3.8, 4) is 17.2 Å². The Morgan fingerprint density at radius 3 is 2.62 bits per heavy atom. The Labute approximate surface area is 234 Å². The first-order valence-electron chi connectivity index (χ1n) is 13.5. The molecule has 206 valence electrons. The van der Waals surface area contributed by atoms with Crippen molar-refractivity contribution in [1.82, 2.24) is 4.90 Å². The van der Waals surface area contributed by atoms with Crippen LogP contribution < -0.4 is 14.2 Å². The highest BCUT2D eigenvalue weighted by atomic mass is 16.5. The third-order valence-corrected chi connectivity index (χ3v) is 7.13. The number of aliphatic hydroxyl groups excluding tert-OH is 1. The van der Waals surface area contributed by atoms with E-state index in [-0.39, 0.29) is 17.4 Å². The number of Topliss-reactive ketones (excluding diaryl/α,β-unsaturated/α-hetero) is 1. The number of fused-ring (bicyclic) bond motifs is 1. The summed E-state index contributed by atoms with van der Waals surface area (Å²) in [5.41, 5.74) is 3.15. The maximum atomic E-state index is 13.5. The van der Waals surface area contributed by atoms with E-state index in [2.05, 4.69) is 6.58 Å². The molecule has 0 bridgehead atoms. The van der Waals surface area contributed by atoms with E-state index in [0.29, 0.717) is 55.2 Å². The average molecular weight is 540 g/mol. The lowest BCUT2D eigenvalue weighted by atomic mass is 9.94. The van der Waals surface area contributed by atoms with Gasteiger partial charge in [0.1, 0.15) is 24.2 Å². The van der Waals surface area contributed by atoms with Crippen molar-refractivity contribution in [2.24, 2.45) is 0 Å². The summed E-state index contributed by atoms with van der Waals surface area (Å²) in [6.45, 7) is 8.55. The maximum absolute atomic E-state index is 13.5. The molecule has 1 fully saturated rings. The molecule has 2 atom stereocenters. The van der Waals surface area contributed by atoms with Gasteiger partial charge in [-0.3, -0.25) is 9.59 Å². The Hall–Kier alpha value is -4.52. The fourth-order valence-electron chi connectivity index (χ4n) is 5.31. The number of rotatable bonds is 10. The lowest BCUT2D eigenvalue weighted by molar-refractivity contribution is -0.139. The molecule has 2 aliphatic rings. The highest BCUT2D eigenvalue weighted by Crippen LogP contribution is 2.43. The Kier molecular flexibility index (Phi) is 7.91. The monoisotopic (exact) mass is 539 g/mol. The van der Waals surface area contributed by atoms with Crippen molar-refractivity contribution in [2.45, 2.75) is 38.8 Å². The molecule has 0 aliphatic carbocycles. The second-order valence-electron chi connectivity index (χ2n) is 9.92. The number of nitrogens with zero attached hydrogens (tertiary/aromatic N) is 1. The molecule has 0 unspecified atom stereocenters. The van der Waals surface area contributed by atoms with E-state index in [4.69, 9.17) is 14.2 Å². The number of carbonyl (C=O) groups is 2. The minimum Gasteiger partial charge on any atom is -0.507 e. The summed E-state index contributed by atoms with van der Waals surface area (Å²) in [6, 6.07) is 19.7. The van der Waals surface area contributed by atoms with Gasteiger partial charge in [0, 0.05) is 18.5 Å². The van der Waals surface area contributed by atoms with Crippen LogP contribution in [0.2, 0.25) is 0 Å². The van der Waals surface area contributed by atoms with Crippen molar-refractivity contribution in [3.63, 3.8) is 0 Å². The van der Waals surface area contributed by atoms with Crippen LogP contribution >= 0.6 is 0 Å². The van der Waals surface area contributed by atoms with E-state index in [1.54, 1.807) is 36.4 Å². The molecule has 2 aliphatic heterocycles. The van der Waals surface area contributed by atoms with Crippen molar-refractivity contribution in [1.29, 1.82) is 0 Å². The Morgan fingerprint density at radius 2 is 1.88 bits per heavy atom. The number of likely N-dealkylation sites (tertiary alicyclic amines) is 1. The summed E-state index contributed by atoms with van der Waals surface area (Å²) >= 11 is 0. The van der Waals surface area contributed by atoms with E-state index in [0.717, 1.165) is 16.9 Å². The van der Waals surface area contributed by atoms with Gasteiger partial charge in [0.15, 0.2) is 11.5 Å². The lowest BCUT2D eigenvalue weighted by Crippen LogP contribution is -2.31. The fourth-order valence-corrected chi connectivity index (χ4v) is 5.31. The van der Waals surface area contributed by atoms with E-state index in [9.17, 15) is 14.7 Å². The standard InChI is InChI=1S/C33H33NO6/c1-4-17-39-27-14-11-23(20-28(27)38-5-2)30-29(31(35)24-12-13-26-25(19-24)18-21(3)40-26)32(36)33(37)34(30)16-15-22-9-7-6-8-10-22/h4,6-14,19-21,30,35H,1,5,15-18H2,2-3H3/b31-29+/t21-,30+/m1/s1. The van der Waals surface area contributed by atoms with E-state index >= 15 is 0 Å². The SMILES string of the molecule is C=CCOc1ccc([C@H]2/C(=C(\O)c3ccc4c(c3)C[C@@H](C)O4)C(=O)C(=O)N2CCc2ccccc2)cc1OCC. The van der Waals surface area contributed by atoms with Crippen molar-refractivity contribution in [2.75, 3.05) is 19.8 Å². The van der Waals surface area contributed by atoms with Gasteiger partial charge < -0.3 is 24.2 Å². The van der Waals surface area contributed by atoms with Gasteiger partial charge in [-0.2, -0.15) is 0 Å². The lowest BCUT2D eigenvalue weighted by Gasteiger charge is -2.26. The normalized spacial score (nSPS) is 19.3. The van der Waals surface area contributed by atoms with Gasteiger partial charge in [0.25, 0.3) is 11.7 Å². The van der Waals surface area contributed by atoms with Gasteiger partial charge >= 0.3 is 0 Å². The molecule has 1 N–H and O–H groups in total. The number of carbonyl (C=O) groups excluding carboxylic acids is 2. The topological polar surface area (TPSA) is 85.3 Å². The van der Waals surface area contributed by atoms with Crippen LogP contribution in [0.1, 0.15) is 42.1 Å². The van der Waals surface area contributed by atoms with Crippen LogP contribution in [0.5, 0.6) is 17.2 Å². The zero-order chi connectivity index (χ0) is 28.2. The van der Waals surface area contributed by atoms with Crippen LogP contribution in [0, 0.1) is 0 Å². The first-order valence-corrected chi connectivity index (χ1v) is 13.5. The second kappa shape index (κ2) is 11.7. The summed E-state index contributed by atoms with van der Waals surface area (Å²) in [5, 5.41) is 11.6. The zero-order valence-corrected chi connectivity index (χ0v) is 22.8. The third kappa shape index (κ3) is 5.32. The fraction of sp³-hybridized carbons (Fsp3) is 0.273. The molecule has 0 spiro atoms. The zero-order valence-electron chi connectivity index (χ0n) is 22.8. The van der Waals surface area contributed by atoms with Crippen LogP contribution in [0.3, 0.4) is 0 Å². The number of ether oxygens (including phenoxy) is 3. The molecule has 0 radical (unpaired) electrons. The molecule has 7 nitrogen and oxygen atoms in total. The van der Waals surface area contributed by atoms with Crippen LogP contribution in [0.4, 0.5) is 0 Å². The van der Waals surface area contributed by atoms with Gasteiger partial charge in [-0.25, -0.2) is 0 Å². The van der Waals surface area contributed by atoms with E-state index < -0.39 is 17.7 Å². The number of ketones is 1. The predicted octanol–water partition coefficient (Wildman–Crippen LogP) is 5.64. The van der Waals surface area contributed by atoms with Gasteiger partial charge in [-0.15, -0.1) is 0 Å². The molecule has 7 heteroatoms. The van der Waals surface area contributed by atoms with Gasteiger partial charge in [0.05, 0.1) is 18.2 Å². The molecule has 0 aromatic heterocycles. The summed E-state index contributed by atoms with van der Waals surface area (Å²) in [4.78, 5) is 28.5. The number of hydrogen-bond acceptors (Lipinski definition) is 6. The minimum atomic E-state index is -0.806. The summed E-state index contributed by atoms with van der Waals surface area (Å²) in [5.74, 6) is 0.202. The minimum absolute atomic E-state index is 0.0368. The van der Waals surface area contributed by atoms with E-state index in [1.807, 2.05) is 50.2 Å². The Balaban J connectivity index is 1.60. The predicted molar refractivity (Wildman–Crippen MR) is 153 cm³/mol. The molecule has 5 rings (SSSR count). The quantitative estimate of drug-likeness (QED) is 0.155. The van der Waals surface area contributed by atoms with Crippen molar-refractivity contribution < 1.29 is 28.9 Å². The van der Waals surface area contributed by atoms with Crippen LogP contribution in [-0.2, 0) is 22.4 Å². The molecular formula is C33H33NO6. The molecule has 3 aromatic rings. The first kappa shape index (κ1) is 27.1. The number of aliphatic hydroxyl groups is 1. The molecular weight excluding hydrogens is 506 g/mol. The third-order valence-electron chi connectivity index (χ3n) is 7.13. The summed E-state index contributed by atoms with van der Waals surface area (Å²) in [7, 11) is 0. The number of amides is 1. The van der Waals surface area contributed by atoms with Crippen molar-refractivity contribution in [3.05, 3.63) is 107 Å². The molecule has 2 heterocycles. The average Bonchev–Trinajstić information content (AvgIpc) is 3.46. The van der Waals surface area contributed by atoms with Crippen molar-refractivity contribution >= 4 is 17.4 Å². The number of benzene rings is 3. The molecule has 1 amide bonds. The molecule has 40 heavy (non-hydrogen) atoms. The summed E-state index contributed by atoms with van der Waals surface area (Å²) in [6.07, 6.45) is 2.94. The highest BCUT2D eigenvalue weighted by molar-refractivity contribution is 6.46. The Morgan fingerprint density at radius 1 is 1.07 bits per heavy atom. The van der Waals surface area contributed by atoms with Gasteiger partial charge in [-0.1, -0.05) is 49.1 Å². The highest BCUT2D eigenvalue weighted by Gasteiger charge is 2.46. The molecule has 3 aromatic carbocycles. The first-order chi connectivity index (χ1) is 19.4. The van der Waals surface area contributed by atoms with E-state index in [1.165, 1.54) is 4.90 Å². The van der Waals surface area contributed by atoms with Crippen LogP contribution in [0.25, 0.3) is 5.76 Å². The smallest absolute Gasteiger partial charge is 0.295 e. The summed E-state index contributed by atoms with van der Waals surface area (Å²) < 4.78 is 17.4. The van der Waals surface area contributed by atoms with Crippen LogP contribution in [-0.4, -0.2) is 47.6 Å². The molecule has 0 saturated carbocycles. The van der Waals surface area contributed by atoms with Crippen LogP contribution in [0.15, 0.2) is 85.0 Å². The number of hydrogen-bond donors (Lipinski definition) is 1.